The first-order valence-corrected chi connectivity index (χ1v) is 16.6. The Balaban J connectivity index is 1.80. The Morgan fingerprint density at radius 3 is 2.20 bits per heavy atom. The van der Waals surface area contributed by atoms with Gasteiger partial charge in [-0.1, -0.05) is 92.2 Å². The number of hydrogen-bond acceptors (Lipinski definition) is 5. The molecule has 1 unspecified atom stereocenters. The number of rotatable bonds is 15. The monoisotopic (exact) mass is 627 g/mol. The van der Waals surface area contributed by atoms with Gasteiger partial charge in [-0.05, 0) is 54.3 Å². The lowest BCUT2D eigenvalue weighted by atomic mass is 10.0. The van der Waals surface area contributed by atoms with Crippen LogP contribution in [0, 0.1) is 6.92 Å². The van der Waals surface area contributed by atoms with Crippen LogP contribution in [0.2, 0.25) is 0 Å². The van der Waals surface area contributed by atoms with Crippen LogP contribution in [0.25, 0.3) is 0 Å². The van der Waals surface area contributed by atoms with E-state index in [2.05, 4.69) is 5.32 Å². The molecular weight excluding hydrogens is 586 g/mol. The molecule has 4 rings (SSSR count). The molecule has 0 saturated carbocycles. The predicted octanol–water partition coefficient (Wildman–Crippen LogP) is 5.76. The molecule has 4 aromatic carbocycles. The summed E-state index contributed by atoms with van der Waals surface area (Å²) < 4.78 is 34.7. The van der Waals surface area contributed by atoms with Crippen LogP contribution in [0.3, 0.4) is 0 Å². The number of ether oxygens (including phenoxy) is 1. The number of aryl methyl sites for hydroxylation is 1. The zero-order valence-electron chi connectivity index (χ0n) is 26.1. The summed E-state index contributed by atoms with van der Waals surface area (Å²) in [5.74, 6) is -0.345. The van der Waals surface area contributed by atoms with Gasteiger partial charge in [-0.3, -0.25) is 13.9 Å². The summed E-state index contributed by atoms with van der Waals surface area (Å²) in [6.07, 6.45) is 1.97. The molecule has 8 nitrogen and oxygen atoms in total. The number of carbonyl (C=O) groups excluding carboxylic acids is 2. The highest BCUT2D eigenvalue weighted by molar-refractivity contribution is 7.92. The molecule has 0 fully saturated rings. The van der Waals surface area contributed by atoms with Crippen LogP contribution in [0.4, 0.5) is 5.69 Å². The largest absolute Gasteiger partial charge is 0.497 e. The summed E-state index contributed by atoms with van der Waals surface area (Å²) in [7, 11) is -2.69. The second kappa shape index (κ2) is 15.9. The van der Waals surface area contributed by atoms with Crippen molar-refractivity contribution in [3.8, 4) is 5.75 Å². The molecule has 0 bridgehead atoms. The van der Waals surface area contributed by atoms with Crippen molar-refractivity contribution in [2.45, 2.75) is 50.6 Å². The molecule has 45 heavy (non-hydrogen) atoms. The Labute approximate surface area is 266 Å². The van der Waals surface area contributed by atoms with Gasteiger partial charge in [0.1, 0.15) is 18.3 Å². The molecule has 1 atom stereocenters. The smallest absolute Gasteiger partial charge is 0.264 e. The number of unbranched alkanes of at least 4 members (excludes halogenated alkanes) is 1. The Morgan fingerprint density at radius 1 is 0.867 bits per heavy atom. The molecule has 2 amide bonds. The fourth-order valence-electron chi connectivity index (χ4n) is 5.05. The number of sulfonamides is 1. The molecule has 0 aliphatic carbocycles. The minimum absolute atomic E-state index is 0.0456. The number of nitrogens with zero attached hydrogens (tertiary/aromatic N) is 2. The van der Waals surface area contributed by atoms with Crippen molar-refractivity contribution < 1.29 is 22.7 Å². The van der Waals surface area contributed by atoms with E-state index >= 15 is 0 Å². The first kappa shape index (κ1) is 33.3. The van der Waals surface area contributed by atoms with E-state index in [4.69, 9.17) is 4.74 Å². The third-order valence-corrected chi connectivity index (χ3v) is 9.44. The van der Waals surface area contributed by atoms with Crippen LogP contribution in [0.15, 0.2) is 114 Å². The quantitative estimate of drug-likeness (QED) is 0.169. The maximum atomic E-state index is 14.5. The second-order valence-electron chi connectivity index (χ2n) is 10.8. The van der Waals surface area contributed by atoms with E-state index in [0.29, 0.717) is 12.3 Å². The van der Waals surface area contributed by atoms with Gasteiger partial charge in [-0.15, -0.1) is 0 Å². The molecule has 0 spiro atoms. The van der Waals surface area contributed by atoms with E-state index in [9.17, 15) is 18.0 Å². The van der Waals surface area contributed by atoms with Crippen LogP contribution in [0.5, 0.6) is 5.75 Å². The first-order valence-electron chi connectivity index (χ1n) is 15.1. The van der Waals surface area contributed by atoms with E-state index in [1.54, 1.807) is 42.5 Å². The van der Waals surface area contributed by atoms with Crippen molar-refractivity contribution in [1.29, 1.82) is 0 Å². The zero-order chi connectivity index (χ0) is 32.2. The zero-order valence-corrected chi connectivity index (χ0v) is 26.9. The average Bonchev–Trinajstić information content (AvgIpc) is 3.06. The topological polar surface area (TPSA) is 96.0 Å². The maximum absolute atomic E-state index is 14.5. The van der Waals surface area contributed by atoms with Crippen molar-refractivity contribution in [3.63, 3.8) is 0 Å². The SMILES string of the molecule is CCCCNC(=O)C(Cc1ccccc1)N(Cc1ccccc1C)C(=O)CN(c1cccc(OC)c1)S(=O)(=O)c1ccccc1. The molecular formula is C36H41N3O5S. The summed E-state index contributed by atoms with van der Waals surface area (Å²) in [4.78, 5) is 30.0. The number of amides is 2. The summed E-state index contributed by atoms with van der Waals surface area (Å²) in [5.41, 5.74) is 2.98. The van der Waals surface area contributed by atoms with Gasteiger partial charge in [0, 0.05) is 25.6 Å². The second-order valence-corrected chi connectivity index (χ2v) is 12.7. The summed E-state index contributed by atoms with van der Waals surface area (Å²) >= 11 is 0. The number of carbonyl (C=O) groups is 2. The molecule has 0 saturated heterocycles. The minimum Gasteiger partial charge on any atom is -0.497 e. The standard InChI is InChI=1S/C36H41N3O5S/c1-4-5-23-37-36(41)34(24-29-16-8-6-9-17-29)38(26-30-18-13-12-15-28(30)2)35(40)27-39(31-19-14-20-32(25-31)44-3)45(42,43)33-21-10-7-11-22-33/h6-22,25,34H,4-5,23-24,26-27H2,1-3H3,(H,37,41). The van der Waals surface area contributed by atoms with E-state index < -0.39 is 28.5 Å². The Morgan fingerprint density at radius 2 is 1.53 bits per heavy atom. The van der Waals surface area contributed by atoms with Gasteiger partial charge in [-0.25, -0.2) is 8.42 Å². The Bertz CT molecular complexity index is 1660. The number of methoxy groups -OCH3 is 1. The molecule has 0 aliphatic heterocycles. The highest BCUT2D eigenvalue weighted by Crippen LogP contribution is 2.28. The Hall–Kier alpha value is -4.63. The fraction of sp³-hybridized carbons (Fsp3) is 0.278. The highest BCUT2D eigenvalue weighted by atomic mass is 32.2. The number of anilines is 1. The van der Waals surface area contributed by atoms with E-state index in [-0.39, 0.29) is 29.5 Å². The van der Waals surface area contributed by atoms with Crippen LogP contribution in [0.1, 0.15) is 36.5 Å². The highest BCUT2D eigenvalue weighted by Gasteiger charge is 2.34. The number of nitrogens with one attached hydrogen (secondary N) is 1. The maximum Gasteiger partial charge on any atom is 0.264 e. The third kappa shape index (κ3) is 8.73. The summed E-state index contributed by atoms with van der Waals surface area (Å²) in [6, 6.07) is 30.9. The van der Waals surface area contributed by atoms with Gasteiger partial charge in [-0.2, -0.15) is 0 Å². The molecule has 1 N–H and O–H groups in total. The van der Waals surface area contributed by atoms with E-state index in [1.807, 2.05) is 68.4 Å². The van der Waals surface area contributed by atoms with E-state index in [0.717, 1.165) is 33.8 Å². The Kier molecular flexibility index (Phi) is 11.8. The lowest BCUT2D eigenvalue weighted by Gasteiger charge is -2.34. The van der Waals surface area contributed by atoms with Crippen molar-refractivity contribution in [3.05, 3.63) is 126 Å². The summed E-state index contributed by atoms with van der Waals surface area (Å²) in [5, 5.41) is 3.01. The summed E-state index contributed by atoms with van der Waals surface area (Å²) in [6.45, 7) is 4.08. The molecule has 0 radical (unpaired) electrons. The van der Waals surface area contributed by atoms with Crippen LogP contribution < -0.4 is 14.4 Å². The molecule has 4 aromatic rings. The average molecular weight is 628 g/mol. The van der Waals surface area contributed by atoms with Crippen molar-refractivity contribution in [2.24, 2.45) is 0 Å². The van der Waals surface area contributed by atoms with Gasteiger partial charge in [0.05, 0.1) is 17.7 Å². The first-order chi connectivity index (χ1) is 21.7. The van der Waals surface area contributed by atoms with Gasteiger partial charge >= 0.3 is 0 Å². The van der Waals surface area contributed by atoms with Crippen LogP contribution in [-0.4, -0.2) is 51.4 Å². The molecule has 0 heterocycles. The minimum atomic E-state index is -4.18. The van der Waals surface area contributed by atoms with Crippen molar-refractivity contribution in [1.82, 2.24) is 10.2 Å². The number of benzene rings is 4. The fourth-order valence-corrected chi connectivity index (χ4v) is 6.47. The number of hydrogen-bond donors (Lipinski definition) is 1. The molecule has 9 heteroatoms. The lowest BCUT2D eigenvalue weighted by molar-refractivity contribution is -0.140. The van der Waals surface area contributed by atoms with Gasteiger partial charge in [0.15, 0.2) is 0 Å². The van der Waals surface area contributed by atoms with E-state index in [1.165, 1.54) is 24.1 Å². The lowest BCUT2D eigenvalue weighted by Crippen LogP contribution is -2.53. The normalized spacial score (nSPS) is 11.8. The van der Waals surface area contributed by atoms with Crippen molar-refractivity contribution >= 4 is 27.5 Å². The van der Waals surface area contributed by atoms with Crippen LogP contribution >= 0.6 is 0 Å². The van der Waals surface area contributed by atoms with Gasteiger partial charge in [0.25, 0.3) is 10.0 Å². The predicted molar refractivity (Wildman–Crippen MR) is 178 cm³/mol. The molecule has 0 aromatic heterocycles. The molecule has 0 aliphatic rings. The van der Waals surface area contributed by atoms with Gasteiger partial charge < -0.3 is 15.0 Å². The molecule has 236 valence electrons. The van der Waals surface area contributed by atoms with Gasteiger partial charge in [0.2, 0.25) is 11.8 Å². The van der Waals surface area contributed by atoms with Crippen LogP contribution in [-0.2, 0) is 32.6 Å². The van der Waals surface area contributed by atoms with Crippen molar-refractivity contribution in [2.75, 3.05) is 24.5 Å². The third-order valence-electron chi connectivity index (χ3n) is 7.65.